The summed E-state index contributed by atoms with van der Waals surface area (Å²) < 4.78 is 0. The lowest BCUT2D eigenvalue weighted by molar-refractivity contribution is -0.131. The standard InChI is InChI=1S/C16H16N2O2/c1-13(19)18(12-14-8-4-2-5-9-14)17-16(20)15-10-6-3-7-11-15/h2-11H,12H2,1H3,(H,17,20). The van der Waals surface area contributed by atoms with Gasteiger partial charge in [-0.15, -0.1) is 0 Å². The quantitative estimate of drug-likeness (QED) is 0.869. The van der Waals surface area contributed by atoms with E-state index in [0.717, 1.165) is 5.56 Å². The van der Waals surface area contributed by atoms with E-state index >= 15 is 0 Å². The van der Waals surface area contributed by atoms with Crippen LogP contribution in [-0.2, 0) is 11.3 Å². The molecule has 0 saturated heterocycles. The fraction of sp³-hybridized carbons (Fsp3) is 0.125. The topological polar surface area (TPSA) is 49.4 Å². The van der Waals surface area contributed by atoms with Gasteiger partial charge in [0.15, 0.2) is 0 Å². The molecule has 0 saturated carbocycles. The van der Waals surface area contributed by atoms with Gasteiger partial charge in [-0.3, -0.25) is 15.0 Å². The fourth-order valence-electron chi connectivity index (χ4n) is 1.77. The van der Waals surface area contributed by atoms with Crippen LogP contribution in [-0.4, -0.2) is 16.8 Å². The zero-order chi connectivity index (χ0) is 14.4. The minimum absolute atomic E-state index is 0.210. The summed E-state index contributed by atoms with van der Waals surface area (Å²) in [4.78, 5) is 23.7. The first-order chi connectivity index (χ1) is 9.66. The average Bonchev–Trinajstić information content (AvgIpc) is 2.48. The third-order valence-electron chi connectivity index (χ3n) is 2.84. The van der Waals surface area contributed by atoms with E-state index in [9.17, 15) is 9.59 Å². The third-order valence-corrected chi connectivity index (χ3v) is 2.84. The van der Waals surface area contributed by atoms with Crippen molar-refractivity contribution in [2.75, 3.05) is 0 Å². The Hall–Kier alpha value is -2.62. The maximum atomic E-state index is 12.0. The van der Waals surface area contributed by atoms with Crippen molar-refractivity contribution in [2.24, 2.45) is 0 Å². The van der Waals surface area contributed by atoms with Crippen molar-refractivity contribution in [1.29, 1.82) is 0 Å². The van der Waals surface area contributed by atoms with E-state index in [0.29, 0.717) is 12.1 Å². The number of benzene rings is 2. The van der Waals surface area contributed by atoms with Crippen LogP contribution in [0.15, 0.2) is 60.7 Å². The maximum absolute atomic E-state index is 12.0. The molecule has 0 aliphatic rings. The Kier molecular flexibility index (Phi) is 4.50. The van der Waals surface area contributed by atoms with Crippen LogP contribution < -0.4 is 5.43 Å². The molecule has 1 N–H and O–H groups in total. The van der Waals surface area contributed by atoms with E-state index in [2.05, 4.69) is 5.43 Å². The molecule has 2 aromatic rings. The highest BCUT2D eigenvalue weighted by Gasteiger charge is 2.13. The molecule has 0 fully saturated rings. The SMILES string of the molecule is CC(=O)N(Cc1ccccc1)NC(=O)c1ccccc1. The van der Waals surface area contributed by atoms with Gasteiger partial charge in [0.1, 0.15) is 0 Å². The number of amides is 2. The predicted molar refractivity (Wildman–Crippen MR) is 76.6 cm³/mol. The van der Waals surface area contributed by atoms with Crippen molar-refractivity contribution in [2.45, 2.75) is 13.5 Å². The molecule has 0 spiro atoms. The molecule has 0 aromatic heterocycles. The molecule has 2 amide bonds. The number of carbonyl (C=O) groups excluding carboxylic acids is 2. The lowest BCUT2D eigenvalue weighted by Crippen LogP contribution is -2.44. The van der Waals surface area contributed by atoms with Gasteiger partial charge in [0.05, 0.1) is 6.54 Å². The first-order valence-corrected chi connectivity index (χ1v) is 6.35. The summed E-state index contributed by atoms with van der Waals surface area (Å²) in [6.07, 6.45) is 0. The number of hydrogen-bond acceptors (Lipinski definition) is 2. The van der Waals surface area contributed by atoms with Gasteiger partial charge in [-0.2, -0.15) is 0 Å². The Morgan fingerprint density at radius 2 is 1.50 bits per heavy atom. The van der Waals surface area contributed by atoms with Crippen molar-refractivity contribution >= 4 is 11.8 Å². The second kappa shape index (κ2) is 6.52. The summed E-state index contributed by atoms with van der Waals surface area (Å²) in [6, 6.07) is 18.3. The van der Waals surface area contributed by atoms with Gasteiger partial charge >= 0.3 is 0 Å². The van der Waals surface area contributed by atoms with Gasteiger partial charge in [0.2, 0.25) is 5.91 Å². The van der Waals surface area contributed by atoms with Crippen LogP contribution in [0, 0.1) is 0 Å². The number of hydrazine groups is 1. The van der Waals surface area contributed by atoms with Crippen molar-refractivity contribution in [1.82, 2.24) is 10.4 Å². The smallest absolute Gasteiger partial charge is 0.269 e. The molecule has 0 unspecified atom stereocenters. The predicted octanol–water partition coefficient (Wildman–Crippen LogP) is 2.38. The van der Waals surface area contributed by atoms with E-state index in [4.69, 9.17) is 0 Å². The van der Waals surface area contributed by atoms with Gasteiger partial charge in [-0.25, -0.2) is 5.01 Å². The largest absolute Gasteiger partial charge is 0.273 e. The van der Waals surface area contributed by atoms with Crippen LogP contribution >= 0.6 is 0 Å². The maximum Gasteiger partial charge on any atom is 0.269 e. The molecule has 0 aliphatic heterocycles. The van der Waals surface area contributed by atoms with E-state index in [-0.39, 0.29) is 11.8 Å². The van der Waals surface area contributed by atoms with Gasteiger partial charge in [-0.05, 0) is 17.7 Å². The number of nitrogens with one attached hydrogen (secondary N) is 1. The molecule has 20 heavy (non-hydrogen) atoms. The molecule has 4 nitrogen and oxygen atoms in total. The average molecular weight is 268 g/mol. The first-order valence-electron chi connectivity index (χ1n) is 6.35. The third kappa shape index (κ3) is 3.68. The zero-order valence-corrected chi connectivity index (χ0v) is 11.2. The molecule has 0 atom stereocenters. The van der Waals surface area contributed by atoms with Gasteiger partial charge in [-0.1, -0.05) is 48.5 Å². The van der Waals surface area contributed by atoms with Gasteiger partial charge in [0, 0.05) is 12.5 Å². The molecular formula is C16H16N2O2. The number of carbonyl (C=O) groups is 2. The number of hydrogen-bond donors (Lipinski definition) is 1. The summed E-state index contributed by atoms with van der Waals surface area (Å²) in [6.45, 7) is 1.77. The van der Waals surface area contributed by atoms with Crippen molar-refractivity contribution < 1.29 is 9.59 Å². The van der Waals surface area contributed by atoms with E-state index in [1.54, 1.807) is 24.3 Å². The normalized spacial score (nSPS) is 9.85. The second-order valence-electron chi connectivity index (χ2n) is 4.40. The summed E-state index contributed by atoms with van der Waals surface area (Å²) in [5, 5.41) is 1.31. The second-order valence-corrected chi connectivity index (χ2v) is 4.40. The van der Waals surface area contributed by atoms with Crippen LogP contribution in [0.25, 0.3) is 0 Å². The molecule has 0 aliphatic carbocycles. The minimum atomic E-state index is -0.295. The highest BCUT2D eigenvalue weighted by molar-refractivity contribution is 5.95. The zero-order valence-electron chi connectivity index (χ0n) is 11.2. The Morgan fingerprint density at radius 3 is 2.05 bits per heavy atom. The van der Waals surface area contributed by atoms with Crippen LogP contribution in [0.2, 0.25) is 0 Å². The molecule has 0 radical (unpaired) electrons. The van der Waals surface area contributed by atoms with E-state index in [1.807, 2.05) is 36.4 Å². The van der Waals surface area contributed by atoms with Gasteiger partial charge < -0.3 is 0 Å². The Bertz CT molecular complexity index is 582. The summed E-state index contributed by atoms with van der Waals surface area (Å²) in [7, 11) is 0. The molecule has 2 aromatic carbocycles. The number of rotatable bonds is 3. The molecule has 0 bridgehead atoms. The summed E-state index contributed by atoms with van der Waals surface area (Å²) in [5.74, 6) is -0.505. The monoisotopic (exact) mass is 268 g/mol. The molecule has 102 valence electrons. The fourth-order valence-corrected chi connectivity index (χ4v) is 1.77. The number of nitrogens with zero attached hydrogens (tertiary/aromatic N) is 1. The van der Waals surface area contributed by atoms with Crippen molar-refractivity contribution in [3.05, 3.63) is 71.8 Å². The van der Waals surface area contributed by atoms with Crippen LogP contribution in [0.3, 0.4) is 0 Å². The lowest BCUT2D eigenvalue weighted by atomic mass is 10.2. The highest BCUT2D eigenvalue weighted by Crippen LogP contribution is 2.04. The van der Waals surface area contributed by atoms with Crippen LogP contribution in [0.4, 0.5) is 0 Å². The molecule has 4 heteroatoms. The minimum Gasteiger partial charge on any atom is -0.273 e. The Labute approximate surface area is 118 Å². The van der Waals surface area contributed by atoms with Crippen molar-refractivity contribution in [3.8, 4) is 0 Å². The molecule has 0 heterocycles. The van der Waals surface area contributed by atoms with Gasteiger partial charge in [0.25, 0.3) is 5.91 Å². The van der Waals surface area contributed by atoms with E-state index in [1.165, 1.54) is 11.9 Å². The lowest BCUT2D eigenvalue weighted by Gasteiger charge is -2.22. The highest BCUT2D eigenvalue weighted by atomic mass is 16.2. The summed E-state index contributed by atoms with van der Waals surface area (Å²) in [5.41, 5.74) is 4.10. The van der Waals surface area contributed by atoms with Crippen molar-refractivity contribution in [3.63, 3.8) is 0 Å². The van der Waals surface area contributed by atoms with Crippen LogP contribution in [0.5, 0.6) is 0 Å². The van der Waals surface area contributed by atoms with Crippen LogP contribution in [0.1, 0.15) is 22.8 Å². The summed E-state index contributed by atoms with van der Waals surface area (Å²) >= 11 is 0. The molecular weight excluding hydrogens is 252 g/mol. The Balaban J connectivity index is 2.07. The first kappa shape index (κ1) is 13.8. The van der Waals surface area contributed by atoms with E-state index < -0.39 is 0 Å². The molecule has 2 rings (SSSR count). The Morgan fingerprint density at radius 1 is 0.950 bits per heavy atom.